The minimum atomic E-state index is 0. The van der Waals surface area contributed by atoms with Gasteiger partial charge in [0.05, 0.1) is 34.5 Å². The highest BCUT2D eigenvalue weighted by Gasteiger charge is 2.27. The fraction of sp³-hybridized carbons (Fsp3) is 0.333. The Kier molecular flexibility index (Phi) is 5.91. The fourth-order valence-electron chi connectivity index (χ4n) is 3.89. The monoisotopic (exact) mass is 404 g/mol. The zero-order chi connectivity index (χ0) is 19.0. The van der Waals surface area contributed by atoms with Crippen molar-refractivity contribution in [2.45, 2.75) is 12.5 Å². The molecule has 7 heteroatoms. The topological polar surface area (TPSA) is 64.7 Å². The Morgan fingerprint density at radius 2 is 1.61 bits per heavy atom. The van der Waals surface area contributed by atoms with Crippen LogP contribution >= 0.6 is 12.4 Å². The Hall–Kier alpha value is -2.57. The Morgan fingerprint density at radius 3 is 2.21 bits per heavy atom. The summed E-state index contributed by atoms with van der Waals surface area (Å²) in [6, 6.07) is 10.2. The third-order valence-electron chi connectivity index (χ3n) is 5.18. The van der Waals surface area contributed by atoms with E-state index in [-0.39, 0.29) is 18.4 Å². The molecule has 6 nitrogen and oxygen atoms in total. The molecule has 0 saturated heterocycles. The summed E-state index contributed by atoms with van der Waals surface area (Å²) < 4.78 is 21.9. The van der Waals surface area contributed by atoms with Crippen LogP contribution in [0.3, 0.4) is 0 Å². The van der Waals surface area contributed by atoms with Gasteiger partial charge in [0, 0.05) is 23.1 Å². The van der Waals surface area contributed by atoms with E-state index in [0.717, 1.165) is 29.8 Å². The molecule has 4 rings (SSSR count). The van der Waals surface area contributed by atoms with Crippen LogP contribution in [0.25, 0.3) is 10.9 Å². The number of ether oxygens (including phenoxy) is 4. The molecular formula is C21H25ClN2O4. The summed E-state index contributed by atoms with van der Waals surface area (Å²) in [4.78, 5) is 3.59. The SMILES string of the molecule is COc1ccc2[nH]c3c(c2c1)CCNC3c1cc(OC)c(OC)c(OC)c1.Cl. The molecule has 0 amide bonds. The number of nitrogens with one attached hydrogen (secondary N) is 2. The van der Waals surface area contributed by atoms with Gasteiger partial charge in [0.25, 0.3) is 0 Å². The van der Waals surface area contributed by atoms with Crippen molar-refractivity contribution < 1.29 is 18.9 Å². The molecule has 28 heavy (non-hydrogen) atoms. The van der Waals surface area contributed by atoms with Gasteiger partial charge in [-0.2, -0.15) is 0 Å². The van der Waals surface area contributed by atoms with E-state index in [1.165, 1.54) is 16.6 Å². The van der Waals surface area contributed by atoms with Crippen LogP contribution in [0.2, 0.25) is 0 Å². The molecule has 1 unspecified atom stereocenters. The molecule has 0 aliphatic carbocycles. The molecule has 2 heterocycles. The lowest BCUT2D eigenvalue weighted by atomic mass is 9.94. The summed E-state index contributed by atoms with van der Waals surface area (Å²) in [7, 11) is 6.58. The molecule has 0 spiro atoms. The number of methoxy groups -OCH3 is 4. The normalized spacial score (nSPS) is 15.5. The van der Waals surface area contributed by atoms with Crippen molar-refractivity contribution in [3.63, 3.8) is 0 Å². The first-order valence-electron chi connectivity index (χ1n) is 8.92. The van der Waals surface area contributed by atoms with Crippen molar-refractivity contribution in [1.82, 2.24) is 10.3 Å². The average molecular weight is 405 g/mol. The summed E-state index contributed by atoms with van der Waals surface area (Å²) in [6.45, 7) is 0.887. The molecule has 1 aliphatic heterocycles. The molecule has 2 aromatic carbocycles. The first kappa shape index (κ1) is 20.2. The van der Waals surface area contributed by atoms with Crippen molar-refractivity contribution in [3.05, 3.63) is 47.2 Å². The van der Waals surface area contributed by atoms with Crippen molar-refractivity contribution in [2.75, 3.05) is 35.0 Å². The number of hydrogen-bond acceptors (Lipinski definition) is 5. The molecule has 0 radical (unpaired) electrons. The van der Waals surface area contributed by atoms with Crippen LogP contribution in [0.1, 0.15) is 22.9 Å². The number of fused-ring (bicyclic) bond motifs is 3. The second-order valence-electron chi connectivity index (χ2n) is 6.52. The number of aromatic amines is 1. The summed E-state index contributed by atoms with van der Waals surface area (Å²) in [6.07, 6.45) is 0.962. The Balaban J connectivity index is 0.00000225. The smallest absolute Gasteiger partial charge is 0.203 e. The van der Waals surface area contributed by atoms with Crippen molar-refractivity contribution in [3.8, 4) is 23.0 Å². The van der Waals surface area contributed by atoms with Gasteiger partial charge in [0.2, 0.25) is 5.75 Å². The predicted octanol–water partition coefficient (Wildman–Crippen LogP) is 3.86. The number of hydrogen-bond donors (Lipinski definition) is 2. The van der Waals surface area contributed by atoms with Crippen molar-refractivity contribution in [2.24, 2.45) is 0 Å². The van der Waals surface area contributed by atoms with Crippen LogP contribution in [-0.2, 0) is 6.42 Å². The first-order valence-corrected chi connectivity index (χ1v) is 8.92. The van der Waals surface area contributed by atoms with Gasteiger partial charge in [-0.05, 0) is 47.9 Å². The quantitative estimate of drug-likeness (QED) is 0.676. The van der Waals surface area contributed by atoms with E-state index in [1.54, 1.807) is 28.4 Å². The number of benzene rings is 2. The molecule has 0 fully saturated rings. The van der Waals surface area contributed by atoms with Gasteiger partial charge in [-0.15, -0.1) is 12.4 Å². The van der Waals surface area contributed by atoms with Gasteiger partial charge in [0.15, 0.2) is 11.5 Å². The van der Waals surface area contributed by atoms with Gasteiger partial charge in [0.1, 0.15) is 5.75 Å². The maximum absolute atomic E-state index is 5.53. The van der Waals surface area contributed by atoms with Crippen LogP contribution in [0.5, 0.6) is 23.0 Å². The second kappa shape index (κ2) is 8.20. The number of aromatic nitrogens is 1. The van der Waals surface area contributed by atoms with Gasteiger partial charge in [-0.1, -0.05) is 0 Å². The molecule has 1 atom stereocenters. The van der Waals surface area contributed by atoms with E-state index < -0.39 is 0 Å². The maximum Gasteiger partial charge on any atom is 0.203 e. The van der Waals surface area contributed by atoms with Gasteiger partial charge in [-0.3, -0.25) is 0 Å². The molecule has 150 valence electrons. The van der Waals surface area contributed by atoms with E-state index in [1.807, 2.05) is 18.2 Å². The minimum absolute atomic E-state index is 0. The summed E-state index contributed by atoms with van der Waals surface area (Å²) >= 11 is 0. The first-order chi connectivity index (χ1) is 13.2. The van der Waals surface area contributed by atoms with Crippen molar-refractivity contribution >= 4 is 23.3 Å². The van der Waals surface area contributed by atoms with Gasteiger partial charge in [-0.25, -0.2) is 0 Å². The third kappa shape index (κ3) is 3.23. The third-order valence-corrected chi connectivity index (χ3v) is 5.18. The minimum Gasteiger partial charge on any atom is -0.497 e. The summed E-state index contributed by atoms with van der Waals surface area (Å²) in [5.41, 5.74) is 4.66. The largest absolute Gasteiger partial charge is 0.497 e. The lowest BCUT2D eigenvalue weighted by Crippen LogP contribution is -2.30. The van der Waals surface area contributed by atoms with E-state index in [2.05, 4.69) is 22.4 Å². The Bertz CT molecular complexity index is 961. The van der Waals surface area contributed by atoms with Crippen LogP contribution in [-0.4, -0.2) is 40.0 Å². The van der Waals surface area contributed by atoms with E-state index in [9.17, 15) is 0 Å². The van der Waals surface area contributed by atoms with E-state index in [0.29, 0.717) is 17.2 Å². The fourth-order valence-corrected chi connectivity index (χ4v) is 3.89. The summed E-state index contributed by atoms with van der Waals surface area (Å²) in [5.74, 6) is 2.77. The van der Waals surface area contributed by atoms with Crippen LogP contribution < -0.4 is 24.3 Å². The highest BCUT2D eigenvalue weighted by atomic mass is 35.5. The van der Waals surface area contributed by atoms with Crippen LogP contribution in [0.15, 0.2) is 30.3 Å². The second-order valence-corrected chi connectivity index (χ2v) is 6.52. The number of halogens is 1. The molecular weight excluding hydrogens is 380 g/mol. The number of rotatable bonds is 5. The molecule has 1 aromatic heterocycles. The summed E-state index contributed by atoms with van der Waals surface area (Å²) in [5, 5.41) is 4.82. The highest BCUT2D eigenvalue weighted by molar-refractivity contribution is 5.87. The molecule has 3 aromatic rings. The molecule has 0 bridgehead atoms. The standard InChI is InChI=1S/C21H24N2O4.ClH/c1-24-13-5-6-16-15(11-13)14-7-8-22-19(20(14)23-16)12-9-17(25-2)21(27-4)18(10-12)26-3;/h5-6,9-11,19,22-23H,7-8H2,1-4H3;1H. The average Bonchev–Trinajstić information content (AvgIpc) is 3.10. The Labute approximate surface area is 170 Å². The number of H-pyrrole nitrogens is 1. The molecule has 2 N–H and O–H groups in total. The molecule has 1 aliphatic rings. The molecule has 0 saturated carbocycles. The van der Waals surface area contributed by atoms with Gasteiger partial charge >= 0.3 is 0 Å². The van der Waals surface area contributed by atoms with Crippen LogP contribution in [0.4, 0.5) is 0 Å². The zero-order valence-corrected chi connectivity index (χ0v) is 17.2. The van der Waals surface area contributed by atoms with Crippen molar-refractivity contribution in [1.29, 1.82) is 0 Å². The zero-order valence-electron chi connectivity index (χ0n) is 16.4. The van der Waals surface area contributed by atoms with Gasteiger partial charge < -0.3 is 29.2 Å². The highest BCUT2D eigenvalue weighted by Crippen LogP contribution is 2.42. The Morgan fingerprint density at radius 1 is 0.893 bits per heavy atom. The lowest BCUT2D eigenvalue weighted by Gasteiger charge is -2.26. The maximum atomic E-state index is 5.53. The van der Waals surface area contributed by atoms with E-state index in [4.69, 9.17) is 18.9 Å². The predicted molar refractivity (Wildman–Crippen MR) is 112 cm³/mol. The lowest BCUT2D eigenvalue weighted by molar-refractivity contribution is 0.323. The van der Waals surface area contributed by atoms with E-state index >= 15 is 0 Å². The van der Waals surface area contributed by atoms with Crippen LogP contribution in [0, 0.1) is 0 Å².